The second kappa shape index (κ2) is 7.40. The summed E-state index contributed by atoms with van der Waals surface area (Å²) in [6.07, 6.45) is 1.44. The zero-order valence-corrected chi connectivity index (χ0v) is 15.2. The fourth-order valence-corrected chi connectivity index (χ4v) is 2.95. The van der Waals surface area contributed by atoms with Gasteiger partial charge in [0.15, 0.2) is 5.65 Å². The molecule has 0 aliphatic rings. The van der Waals surface area contributed by atoms with Crippen LogP contribution in [0.5, 0.6) is 5.75 Å². The van der Waals surface area contributed by atoms with E-state index in [4.69, 9.17) is 4.74 Å². The predicted molar refractivity (Wildman–Crippen MR) is 106 cm³/mol. The first-order valence-corrected chi connectivity index (χ1v) is 8.72. The molecule has 4 rings (SSSR count). The van der Waals surface area contributed by atoms with Gasteiger partial charge in [-0.25, -0.2) is 9.78 Å². The normalized spacial score (nSPS) is 10.8. The highest BCUT2D eigenvalue weighted by Gasteiger charge is 2.09. The number of ether oxygens (including phenoxy) is 1. The van der Waals surface area contributed by atoms with E-state index in [0.717, 1.165) is 22.4 Å². The number of nitrogens with zero attached hydrogens (tertiary/aromatic N) is 1. The Hall–Kier alpha value is -3.87. The summed E-state index contributed by atoms with van der Waals surface area (Å²) in [7, 11) is 1.64. The lowest BCUT2D eigenvalue weighted by atomic mass is 10.0. The molecule has 7 heteroatoms. The molecule has 2 heterocycles. The van der Waals surface area contributed by atoms with Crippen molar-refractivity contribution >= 4 is 17.1 Å². The van der Waals surface area contributed by atoms with Gasteiger partial charge in [0.2, 0.25) is 0 Å². The van der Waals surface area contributed by atoms with Crippen molar-refractivity contribution in [2.24, 2.45) is 0 Å². The molecule has 0 aliphatic heterocycles. The van der Waals surface area contributed by atoms with Gasteiger partial charge in [0.05, 0.1) is 18.2 Å². The van der Waals surface area contributed by atoms with E-state index >= 15 is 0 Å². The summed E-state index contributed by atoms with van der Waals surface area (Å²) in [6, 6.07) is 17.4. The van der Waals surface area contributed by atoms with Crippen molar-refractivity contribution in [1.82, 2.24) is 20.3 Å². The van der Waals surface area contributed by atoms with Crippen molar-refractivity contribution in [3.05, 3.63) is 82.4 Å². The maximum atomic E-state index is 12.4. The van der Waals surface area contributed by atoms with E-state index in [1.165, 1.54) is 6.20 Å². The summed E-state index contributed by atoms with van der Waals surface area (Å²) in [5.74, 6) is 0.552. The molecule has 7 nitrogen and oxygen atoms in total. The molecule has 1 amide bonds. The van der Waals surface area contributed by atoms with Gasteiger partial charge < -0.3 is 15.0 Å². The number of fused-ring (bicyclic) bond motifs is 1. The highest BCUT2D eigenvalue weighted by atomic mass is 16.5. The number of H-pyrrole nitrogens is 2. The van der Waals surface area contributed by atoms with Crippen LogP contribution >= 0.6 is 0 Å². The van der Waals surface area contributed by atoms with Gasteiger partial charge in [0.1, 0.15) is 5.75 Å². The third-order valence-corrected chi connectivity index (χ3v) is 4.44. The summed E-state index contributed by atoms with van der Waals surface area (Å²) in [4.78, 5) is 32.9. The number of imidazole rings is 1. The van der Waals surface area contributed by atoms with Crippen LogP contribution in [0.2, 0.25) is 0 Å². The zero-order valence-electron chi connectivity index (χ0n) is 15.2. The maximum Gasteiger partial charge on any atom is 0.325 e. The molecule has 0 atom stereocenters. The van der Waals surface area contributed by atoms with E-state index in [1.807, 2.05) is 48.5 Å². The van der Waals surface area contributed by atoms with Gasteiger partial charge in [-0.15, -0.1) is 0 Å². The fourth-order valence-electron chi connectivity index (χ4n) is 2.95. The van der Waals surface area contributed by atoms with E-state index in [0.29, 0.717) is 23.3 Å². The van der Waals surface area contributed by atoms with Crippen LogP contribution < -0.4 is 15.7 Å². The number of aromatic amines is 2. The number of nitrogens with one attached hydrogen (secondary N) is 3. The van der Waals surface area contributed by atoms with E-state index in [2.05, 4.69) is 20.3 Å². The Morgan fingerprint density at radius 2 is 1.89 bits per heavy atom. The van der Waals surface area contributed by atoms with Crippen LogP contribution in [-0.4, -0.2) is 28.0 Å². The second-order valence-electron chi connectivity index (χ2n) is 6.31. The molecular formula is C21H18N4O3. The number of pyridine rings is 1. The lowest BCUT2D eigenvalue weighted by Crippen LogP contribution is -2.22. The minimum atomic E-state index is -0.351. The Morgan fingerprint density at radius 3 is 2.68 bits per heavy atom. The molecule has 0 bridgehead atoms. The monoisotopic (exact) mass is 374 g/mol. The third kappa shape index (κ3) is 3.64. The van der Waals surface area contributed by atoms with Crippen molar-refractivity contribution in [3.8, 4) is 16.9 Å². The summed E-state index contributed by atoms with van der Waals surface area (Å²) < 4.78 is 5.26. The van der Waals surface area contributed by atoms with Gasteiger partial charge in [-0.05, 0) is 34.9 Å². The van der Waals surface area contributed by atoms with Crippen molar-refractivity contribution in [2.45, 2.75) is 6.54 Å². The molecule has 0 radical (unpaired) electrons. The number of amides is 1. The Morgan fingerprint density at radius 1 is 1.07 bits per heavy atom. The quantitative estimate of drug-likeness (QED) is 0.500. The average molecular weight is 374 g/mol. The van der Waals surface area contributed by atoms with Crippen LogP contribution in [0.25, 0.3) is 22.3 Å². The van der Waals surface area contributed by atoms with E-state index < -0.39 is 0 Å². The van der Waals surface area contributed by atoms with Crippen LogP contribution in [0.3, 0.4) is 0 Å². The predicted octanol–water partition coefficient (Wildman–Crippen LogP) is 2.86. The summed E-state index contributed by atoms with van der Waals surface area (Å²) >= 11 is 0. The van der Waals surface area contributed by atoms with Gasteiger partial charge in [-0.1, -0.05) is 36.4 Å². The minimum absolute atomic E-state index is 0.256. The minimum Gasteiger partial charge on any atom is -0.497 e. The fraction of sp³-hybridized carbons (Fsp3) is 0.0952. The van der Waals surface area contributed by atoms with Crippen molar-refractivity contribution in [1.29, 1.82) is 0 Å². The molecule has 0 aliphatic carbocycles. The molecule has 3 N–H and O–H groups in total. The first-order valence-electron chi connectivity index (χ1n) is 8.72. The number of methoxy groups -OCH3 is 1. The Bertz CT molecular complexity index is 1190. The van der Waals surface area contributed by atoms with Crippen molar-refractivity contribution in [3.63, 3.8) is 0 Å². The van der Waals surface area contributed by atoms with Crippen LogP contribution in [-0.2, 0) is 6.54 Å². The van der Waals surface area contributed by atoms with Crippen LogP contribution in [0.15, 0.2) is 65.6 Å². The first-order chi connectivity index (χ1) is 13.6. The smallest absolute Gasteiger partial charge is 0.325 e. The summed E-state index contributed by atoms with van der Waals surface area (Å²) in [6.45, 7) is 0.388. The molecule has 4 aromatic rings. The first kappa shape index (κ1) is 17.5. The van der Waals surface area contributed by atoms with E-state index in [-0.39, 0.29) is 11.6 Å². The number of benzene rings is 2. The Balaban J connectivity index is 1.43. The molecule has 0 saturated heterocycles. The van der Waals surface area contributed by atoms with Gasteiger partial charge in [0.25, 0.3) is 5.91 Å². The van der Waals surface area contributed by atoms with Gasteiger partial charge in [-0.2, -0.15) is 0 Å². The Labute approximate surface area is 160 Å². The molecule has 0 saturated carbocycles. The zero-order chi connectivity index (χ0) is 19.5. The van der Waals surface area contributed by atoms with Crippen LogP contribution in [0.1, 0.15) is 15.9 Å². The molecule has 0 unspecified atom stereocenters. The number of hydrogen-bond donors (Lipinski definition) is 3. The highest BCUT2D eigenvalue weighted by Crippen LogP contribution is 2.24. The summed E-state index contributed by atoms with van der Waals surface area (Å²) in [5.41, 5.74) is 4.07. The van der Waals surface area contributed by atoms with Gasteiger partial charge in [-0.3, -0.25) is 9.78 Å². The van der Waals surface area contributed by atoms with Crippen molar-refractivity contribution < 1.29 is 9.53 Å². The average Bonchev–Trinajstić information content (AvgIpc) is 3.11. The molecule has 2 aromatic carbocycles. The lowest BCUT2D eigenvalue weighted by Gasteiger charge is -2.08. The third-order valence-electron chi connectivity index (χ3n) is 4.44. The van der Waals surface area contributed by atoms with Crippen LogP contribution in [0.4, 0.5) is 0 Å². The van der Waals surface area contributed by atoms with Crippen LogP contribution in [0, 0.1) is 0 Å². The van der Waals surface area contributed by atoms with E-state index in [9.17, 15) is 9.59 Å². The molecule has 28 heavy (non-hydrogen) atoms. The standard InChI is InChI=1S/C21H18N4O3/c1-28-17-4-2-3-15(9-17)14-7-5-13(6-8-14)11-23-20(26)16-10-18-19(22-12-16)25-21(27)24-18/h2-10,12H,11H2,1H3,(H,23,26)(H2,22,24,25,27). The number of rotatable bonds is 5. The van der Waals surface area contributed by atoms with E-state index in [1.54, 1.807) is 13.2 Å². The topological polar surface area (TPSA) is 99.9 Å². The molecule has 140 valence electrons. The molecule has 2 aromatic heterocycles. The number of hydrogen-bond acceptors (Lipinski definition) is 4. The largest absolute Gasteiger partial charge is 0.497 e. The molecule has 0 spiro atoms. The maximum absolute atomic E-state index is 12.4. The lowest BCUT2D eigenvalue weighted by molar-refractivity contribution is 0.0950. The SMILES string of the molecule is COc1cccc(-c2ccc(CNC(=O)c3cnc4[nH]c(=O)[nH]c4c3)cc2)c1. The van der Waals surface area contributed by atoms with Gasteiger partial charge in [0, 0.05) is 12.7 Å². The number of carbonyl (C=O) groups excluding carboxylic acids is 1. The molecular weight excluding hydrogens is 356 g/mol. The highest BCUT2D eigenvalue weighted by molar-refractivity contribution is 5.96. The molecule has 0 fully saturated rings. The second-order valence-corrected chi connectivity index (χ2v) is 6.31. The summed E-state index contributed by atoms with van der Waals surface area (Å²) in [5, 5.41) is 2.86. The number of aromatic nitrogens is 3. The van der Waals surface area contributed by atoms with Gasteiger partial charge >= 0.3 is 5.69 Å². The Kier molecular flexibility index (Phi) is 4.63. The van der Waals surface area contributed by atoms with Crippen molar-refractivity contribution in [2.75, 3.05) is 7.11 Å². The number of carbonyl (C=O) groups is 1.